The number of hydrogen-bond acceptors (Lipinski definition) is 9. The molecule has 10 nitrogen and oxygen atoms in total. The number of aromatic amines is 1. The summed E-state index contributed by atoms with van der Waals surface area (Å²) in [6, 6.07) is 15.5. The van der Waals surface area contributed by atoms with Crippen LogP contribution < -0.4 is 4.74 Å². The minimum absolute atomic E-state index is 0.0212. The largest absolute Gasteiger partial charge is 0.422 e. The van der Waals surface area contributed by atoms with Gasteiger partial charge in [-0.3, -0.25) is 0 Å². The number of esters is 1. The fraction of sp³-hybridized carbons (Fsp3) is 0.367. The molecule has 1 saturated carbocycles. The molecule has 208 valence electrons. The highest BCUT2D eigenvalue weighted by Gasteiger charge is 2.80. The Hall–Kier alpha value is -3.35. The topological polar surface area (TPSA) is 173 Å². The fourth-order valence-electron chi connectivity index (χ4n) is 7.10. The first kappa shape index (κ1) is 25.6. The number of nitrogens with one attached hydrogen (secondary N) is 1. The minimum atomic E-state index is -2.80. The number of carbonyl (C=O) groups is 1. The van der Waals surface area contributed by atoms with Crippen LogP contribution in [0.3, 0.4) is 0 Å². The molecule has 10 heteroatoms. The Labute approximate surface area is 227 Å². The second-order valence-corrected chi connectivity index (χ2v) is 11.2. The zero-order valence-corrected chi connectivity index (χ0v) is 21.4. The highest BCUT2D eigenvalue weighted by molar-refractivity contribution is 6.14. The maximum absolute atomic E-state index is 13.6. The van der Waals surface area contributed by atoms with E-state index >= 15 is 0 Å². The van der Waals surface area contributed by atoms with Crippen molar-refractivity contribution in [3.63, 3.8) is 0 Å². The van der Waals surface area contributed by atoms with Crippen molar-refractivity contribution in [3.8, 4) is 5.75 Å². The van der Waals surface area contributed by atoms with E-state index < -0.39 is 53.8 Å². The minimum Gasteiger partial charge on any atom is -0.422 e. The van der Waals surface area contributed by atoms with Crippen molar-refractivity contribution in [2.24, 2.45) is 5.41 Å². The number of fused-ring (bicyclic) bond motifs is 7. The van der Waals surface area contributed by atoms with Crippen LogP contribution >= 0.6 is 0 Å². The van der Waals surface area contributed by atoms with Crippen LogP contribution in [0.15, 0.2) is 60.7 Å². The molecule has 0 unspecified atom stereocenters. The van der Waals surface area contributed by atoms with Gasteiger partial charge in [0.15, 0.2) is 17.5 Å². The van der Waals surface area contributed by atoms with Gasteiger partial charge in [0, 0.05) is 5.41 Å². The normalized spacial score (nSPS) is 35.0. The number of carbonyl (C=O) groups excluding carboxylic acids is 1. The van der Waals surface area contributed by atoms with Crippen molar-refractivity contribution in [2.75, 3.05) is 6.61 Å². The van der Waals surface area contributed by atoms with E-state index in [4.69, 9.17) is 9.47 Å². The first-order valence-corrected chi connectivity index (χ1v) is 13.2. The van der Waals surface area contributed by atoms with Crippen LogP contribution in [0.25, 0.3) is 32.4 Å². The molecule has 3 aliphatic rings. The number of H-pyrrole nitrogens is 1. The molecule has 1 saturated heterocycles. The average molecular weight is 548 g/mol. The van der Waals surface area contributed by atoms with E-state index in [1.54, 1.807) is 6.07 Å². The highest BCUT2D eigenvalue weighted by Crippen LogP contribution is 2.62. The number of rotatable bonds is 4. The zero-order chi connectivity index (χ0) is 28.1. The third-order valence-electron chi connectivity index (χ3n) is 9.33. The molecule has 4 aromatic rings. The zero-order valence-electron chi connectivity index (χ0n) is 21.4. The number of ether oxygens (including phenoxy) is 2. The average Bonchev–Trinajstić information content (AvgIpc) is 3.57. The summed E-state index contributed by atoms with van der Waals surface area (Å²) in [7, 11) is 0. The van der Waals surface area contributed by atoms with Crippen molar-refractivity contribution in [1.29, 1.82) is 0 Å². The van der Waals surface area contributed by atoms with Crippen LogP contribution in [-0.4, -0.2) is 77.4 Å². The Morgan fingerprint density at radius 1 is 1.00 bits per heavy atom. The van der Waals surface area contributed by atoms with Gasteiger partial charge in [0.25, 0.3) is 0 Å². The highest BCUT2D eigenvalue weighted by atomic mass is 16.7. The molecule has 40 heavy (non-hydrogen) atoms. The second kappa shape index (κ2) is 8.34. The van der Waals surface area contributed by atoms with Gasteiger partial charge in [0.2, 0.25) is 5.79 Å². The van der Waals surface area contributed by atoms with E-state index in [1.165, 1.54) is 6.08 Å². The molecule has 2 fully saturated rings. The first-order chi connectivity index (χ1) is 19.1. The summed E-state index contributed by atoms with van der Waals surface area (Å²) in [5.41, 5.74) is -5.25. The third-order valence-corrected chi connectivity index (χ3v) is 9.33. The Bertz CT molecular complexity index is 1730. The summed E-state index contributed by atoms with van der Waals surface area (Å²) < 4.78 is 11.4. The first-order valence-electron chi connectivity index (χ1n) is 13.2. The van der Waals surface area contributed by atoms with E-state index in [9.17, 15) is 35.4 Å². The molecule has 0 spiro atoms. The second-order valence-electron chi connectivity index (χ2n) is 11.2. The monoisotopic (exact) mass is 547 g/mol. The molecule has 1 aromatic heterocycles. The lowest BCUT2D eigenvalue weighted by Crippen LogP contribution is -2.74. The third kappa shape index (κ3) is 2.98. The number of benzene rings is 3. The fourth-order valence-corrected chi connectivity index (χ4v) is 7.10. The van der Waals surface area contributed by atoms with Crippen molar-refractivity contribution >= 4 is 38.4 Å². The van der Waals surface area contributed by atoms with Crippen molar-refractivity contribution in [1.82, 2.24) is 4.98 Å². The van der Waals surface area contributed by atoms with E-state index in [0.29, 0.717) is 23.7 Å². The molecule has 1 aliphatic heterocycles. The lowest BCUT2D eigenvalue weighted by Gasteiger charge is -2.54. The lowest BCUT2D eigenvalue weighted by atomic mass is 9.60. The summed E-state index contributed by atoms with van der Waals surface area (Å²) in [5.74, 6) is -3.92. The van der Waals surface area contributed by atoms with Crippen LogP contribution in [0.2, 0.25) is 0 Å². The van der Waals surface area contributed by atoms with Crippen LogP contribution in [0.1, 0.15) is 25.0 Å². The van der Waals surface area contributed by atoms with Crippen LogP contribution in [0, 0.1) is 5.41 Å². The molecular formula is C30H29NO9. The van der Waals surface area contributed by atoms with Crippen molar-refractivity contribution < 1.29 is 44.9 Å². The molecule has 6 atom stereocenters. The number of hydrogen-bond donors (Lipinski definition) is 7. The SMILES string of the molecule is O=C(Oc1c(CO)[nH]c2ccc3cc4ccccc4cc3c12)[C@@H]1O[C@@]2(O)[C@]3(O)CCC[C@]3(CO)C=C[C@@]2(O)[C@H]1O. The summed E-state index contributed by atoms with van der Waals surface area (Å²) in [5, 5.41) is 70.1. The number of aliphatic hydroxyl groups excluding tert-OH is 3. The molecule has 2 heterocycles. The van der Waals surface area contributed by atoms with Crippen molar-refractivity contribution in [2.45, 2.75) is 55.1 Å². The van der Waals surface area contributed by atoms with Gasteiger partial charge in [-0.2, -0.15) is 0 Å². The molecule has 2 aliphatic carbocycles. The van der Waals surface area contributed by atoms with Gasteiger partial charge in [-0.1, -0.05) is 36.4 Å². The van der Waals surface area contributed by atoms with Gasteiger partial charge in [0.05, 0.1) is 29.8 Å². The van der Waals surface area contributed by atoms with Gasteiger partial charge in [0.1, 0.15) is 11.7 Å². The molecule has 0 bridgehead atoms. The summed E-state index contributed by atoms with van der Waals surface area (Å²) in [6.07, 6.45) is -0.759. The Morgan fingerprint density at radius 3 is 2.48 bits per heavy atom. The molecule has 0 amide bonds. The van der Waals surface area contributed by atoms with Gasteiger partial charge < -0.3 is 45.1 Å². The predicted molar refractivity (Wildman–Crippen MR) is 143 cm³/mol. The van der Waals surface area contributed by atoms with E-state index in [0.717, 1.165) is 27.6 Å². The standard InChI is InChI=1S/C30H29NO9/c32-14-21-23(22-19-13-17-5-2-1-4-16(17)12-18(19)6-7-20(22)31-21)39-26(35)24-25(34)28(36)11-10-27(15-33)8-3-9-29(27,37)30(28,38)40-24/h1-2,4-7,10-13,24-25,31-34,36-38H,3,8-9,14-15H2/t24-,25+,27-,28-,29+,30-/m1/s1. The van der Waals surface area contributed by atoms with Crippen molar-refractivity contribution in [3.05, 3.63) is 66.4 Å². The maximum atomic E-state index is 13.6. The Kier molecular flexibility index (Phi) is 5.34. The van der Waals surface area contributed by atoms with E-state index in [2.05, 4.69) is 4.98 Å². The van der Waals surface area contributed by atoms with Crippen LogP contribution in [-0.2, 0) is 16.1 Å². The smallest absolute Gasteiger partial charge is 0.343 e. The maximum Gasteiger partial charge on any atom is 0.343 e. The van der Waals surface area contributed by atoms with Gasteiger partial charge in [-0.15, -0.1) is 0 Å². The summed E-state index contributed by atoms with van der Waals surface area (Å²) in [6.45, 7) is -1.03. The van der Waals surface area contributed by atoms with Gasteiger partial charge in [-0.05, 0) is 65.1 Å². The molecule has 3 aromatic carbocycles. The molecule has 7 N–H and O–H groups in total. The van der Waals surface area contributed by atoms with E-state index in [-0.39, 0.29) is 17.9 Å². The van der Waals surface area contributed by atoms with Crippen LogP contribution in [0.4, 0.5) is 0 Å². The summed E-state index contributed by atoms with van der Waals surface area (Å²) >= 11 is 0. The summed E-state index contributed by atoms with van der Waals surface area (Å²) in [4.78, 5) is 16.6. The number of aromatic nitrogens is 1. The Morgan fingerprint density at radius 2 is 1.75 bits per heavy atom. The van der Waals surface area contributed by atoms with Crippen LogP contribution in [0.5, 0.6) is 5.75 Å². The number of aliphatic hydroxyl groups is 6. The Balaban J connectivity index is 1.31. The molecule has 0 radical (unpaired) electrons. The predicted octanol–water partition coefficient (Wildman–Crippen LogP) is 1.51. The lowest BCUT2D eigenvalue weighted by molar-refractivity contribution is -0.357. The molecular weight excluding hydrogens is 518 g/mol. The van der Waals surface area contributed by atoms with Gasteiger partial charge in [-0.25, -0.2) is 4.79 Å². The van der Waals surface area contributed by atoms with Gasteiger partial charge >= 0.3 is 5.97 Å². The van der Waals surface area contributed by atoms with E-state index in [1.807, 2.05) is 42.5 Å². The quantitative estimate of drug-likeness (QED) is 0.114. The molecule has 7 rings (SSSR count).